The first-order chi connectivity index (χ1) is 19.1. The molecule has 214 valence electrons. The lowest BCUT2D eigenvalue weighted by atomic mass is 9.94. The van der Waals surface area contributed by atoms with E-state index in [1.165, 1.54) is 25.3 Å². The Balaban J connectivity index is 1.57. The number of benzene rings is 2. The van der Waals surface area contributed by atoms with Crippen molar-refractivity contribution in [1.82, 2.24) is 14.8 Å². The van der Waals surface area contributed by atoms with Gasteiger partial charge in [0.15, 0.2) is 0 Å². The number of fused-ring (bicyclic) bond motifs is 1. The second-order valence-electron chi connectivity index (χ2n) is 11.1. The van der Waals surface area contributed by atoms with Gasteiger partial charge >= 0.3 is 12.1 Å². The first-order valence-electron chi connectivity index (χ1n) is 14.1. The van der Waals surface area contributed by atoms with Crippen LogP contribution in [0, 0.1) is 0 Å². The van der Waals surface area contributed by atoms with E-state index in [9.17, 15) is 23.1 Å². The molecular formula is C31H36F3N3O3. The van der Waals surface area contributed by atoms with Crippen molar-refractivity contribution in [3.05, 3.63) is 59.2 Å². The summed E-state index contributed by atoms with van der Waals surface area (Å²) >= 11 is 0. The number of carboxylic acid groups (broad SMARTS) is 1. The Hall–Kier alpha value is -3.17. The maximum atomic E-state index is 13.6. The smallest absolute Gasteiger partial charge is 0.416 e. The minimum atomic E-state index is -4.53. The Morgan fingerprint density at radius 2 is 1.77 bits per heavy atom. The second-order valence-corrected chi connectivity index (χ2v) is 11.1. The number of ether oxygens (including phenoxy) is 1. The Morgan fingerprint density at radius 1 is 1.05 bits per heavy atom. The Kier molecular flexibility index (Phi) is 8.33. The van der Waals surface area contributed by atoms with Crippen LogP contribution in [0.25, 0.3) is 22.2 Å². The summed E-state index contributed by atoms with van der Waals surface area (Å²) < 4.78 is 46.7. The molecule has 2 aliphatic rings. The Morgan fingerprint density at radius 3 is 2.42 bits per heavy atom. The molecule has 1 N–H and O–H groups in total. The molecule has 2 saturated heterocycles. The average Bonchev–Trinajstić information content (AvgIpc) is 2.92. The monoisotopic (exact) mass is 555 g/mol. The quantitative estimate of drug-likeness (QED) is 0.344. The summed E-state index contributed by atoms with van der Waals surface area (Å²) in [6, 6.07) is 10.6. The van der Waals surface area contributed by atoms with E-state index in [1.807, 2.05) is 13.8 Å². The molecule has 0 radical (unpaired) electrons. The Labute approximate surface area is 232 Å². The number of carbonyl (C=O) groups is 1. The third-order valence-electron chi connectivity index (χ3n) is 7.95. The van der Waals surface area contributed by atoms with Crippen LogP contribution < -0.4 is 4.74 Å². The third-order valence-corrected chi connectivity index (χ3v) is 7.95. The number of hydrogen-bond donors (Lipinski definition) is 1. The van der Waals surface area contributed by atoms with Gasteiger partial charge in [0.25, 0.3) is 0 Å². The normalized spacial score (nSPS) is 17.9. The summed E-state index contributed by atoms with van der Waals surface area (Å²) in [6.45, 7) is 7.89. The molecule has 2 aromatic carbocycles. The number of aromatic carboxylic acids is 1. The van der Waals surface area contributed by atoms with E-state index in [4.69, 9.17) is 9.72 Å². The van der Waals surface area contributed by atoms with Crippen LogP contribution in [0.2, 0.25) is 0 Å². The molecule has 3 heterocycles. The summed E-state index contributed by atoms with van der Waals surface area (Å²) in [4.78, 5) is 22.4. The van der Waals surface area contributed by atoms with E-state index in [1.54, 1.807) is 24.3 Å². The van der Waals surface area contributed by atoms with Crippen molar-refractivity contribution < 1.29 is 27.8 Å². The molecule has 0 atom stereocenters. The Bertz CT molecular complexity index is 1360. The predicted octanol–water partition coefficient (Wildman–Crippen LogP) is 6.86. The molecule has 0 saturated carbocycles. The number of aromatic nitrogens is 1. The molecule has 0 unspecified atom stereocenters. The van der Waals surface area contributed by atoms with Gasteiger partial charge in [-0.2, -0.15) is 13.2 Å². The third kappa shape index (κ3) is 6.25. The van der Waals surface area contributed by atoms with Crippen LogP contribution in [0.1, 0.15) is 67.4 Å². The number of likely N-dealkylation sites (tertiary alicyclic amines) is 2. The van der Waals surface area contributed by atoms with E-state index in [2.05, 4.69) is 9.80 Å². The van der Waals surface area contributed by atoms with E-state index < -0.39 is 17.7 Å². The highest BCUT2D eigenvalue weighted by Crippen LogP contribution is 2.37. The van der Waals surface area contributed by atoms with Crippen LogP contribution in [0.5, 0.6) is 5.75 Å². The summed E-state index contributed by atoms with van der Waals surface area (Å²) in [5, 5.41) is 10.9. The molecule has 6 nitrogen and oxygen atoms in total. The van der Waals surface area contributed by atoms with Gasteiger partial charge < -0.3 is 14.7 Å². The second kappa shape index (κ2) is 11.7. The molecule has 3 aromatic rings. The minimum absolute atomic E-state index is 0.0600. The van der Waals surface area contributed by atoms with E-state index >= 15 is 0 Å². The fourth-order valence-corrected chi connectivity index (χ4v) is 6.06. The maximum Gasteiger partial charge on any atom is 0.416 e. The molecule has 2 aliphatic heterocycles. The fraction of sp³-hybridized carbons (Fsp3) is 0.484. The molecule has 0 aliphatic carbocycles. The van der Waals surface area contributed by atoms with Crippen molar-refractivity contribution in [2.45, 2.75) is 70.8 Å². The lowest BCUT2D eigenvalue weighted by Crippen LogP contribution is -2.46. The SMILES string of the molecule is CC(C)Oc1ccc2nc(-c3cccc(C(F)(F)F)c3)c(CN3CCC(N4CCCCC4)CC3)c(C(=O)O)c2c1. The predicted molar refractivity (Wildman–Crippen MR) is 149 cm³/mol. The van der Waals surface area contributed by atoms with Crippen molar-refractivity contribution in [2.75, 3.05) is 26.2 Å². The maximum absolute atomic E-state index is 13.6. The van der Waals surface area contributed by atoms with Crippen LogP contribution in [-0.4, -0.2) is 64.2 Å². The first kappa shape index (κ1) is 28.4. The molecule has 0 amide bonds. The average molecular weight is 556 g/mol. The van der Waals surface area contributed by atoms with Gasteiger partial charge in [0.1, 0.15) is 5.75 Å². The topological polar surface area (TPSA) is 65.9 Å². The molecule has 5 rings (SSSR count). The lowest BCUT2D eigenvalue weighted by Gasteiger charge is -2.40. The van der Waals surface area contributed by atoms with Gasteiger partial charge in [0, 0.05) is 29.1 Å². The van der Waals surface area contributed by atoms with Gasteiger partial charge in [-0.3, -0.25) is 4.90 Å². The molecule has 40 heavy (non-hydrogen) atoms. The van der Waals surface area contributed by atoms with E-state index in [0.29, 0.717) is 28.3 Å². The van der Waals surface area contributed by atoms with E-state index in [0.717, 1.165) is 51.2 Å². The number of pyridine rings is 1. The molecule has 2 fully saturated rings. The molecule has 0 bridgehead atoms. The van der Waals surface area contributed by atoms with Crippen LogP contribution in [0.3, 0.4) is 0 Å². The zero-order valence-electron chi connectivity index (χ0n) is 23.0. The summed E-state index contributed by atoms with van der Waals surface area (Å²) in [7, 11) is 0. The largest absolute Gasteiger partial charge is 0.491 e. The first-order valence-corrected chi connectivity index (χ1v) is 14.1. The zero-order valence-corrected chi connectivity index (χ0v) is 23.0. The van der Waals surface area contributed by atoms with Crippen LogP contribution in [-0.2, 0) is 12.7 Å². The van der Waals surface area contributed by atoms with Gasteiger partial charge in [-0.05, 0) is 96.0 Å². The number of alkyl halides is 3. The highest BCUT2D eigenvalue weighted by molar-refractivity contribution is 6.06. The van der Waals surface area contributed by atoms with Crippen molar-refractivity contribution >= 4 is 16.9 Å². The van der Waals surface area contributed by atoms with Crippen LogP contribution in [0.4, 0.5) is 13.2 Å². The number of nitrogens with zero attached hydrogens (tertiary/aromatic N) is 3. The number of piperidine rings is 2. The fourth-order valence-electron chi connectivity index (χ4n) is 6.06. The van der Waals surface area contributed by atoms with E-state index in [-0.39, 0.29) is 29.5 Å². The highest BCUT2D eigenvalue weighted by Gasteiger charge is 2.32. The molecule has 1 aromatic heterocycles. The highest BCUT2D eigenvalue weighted by atomic mass is 19.4. The molecule has 9 heteroatoms. The molecule has 0 spiro atoms. The van der Waals surface area contributed by atoms with Crippen molar-refractivity contribution in [2.24, 2.45) is 0 Å². The minimum Gasteiger partial charge on any atom is -0.491 e. The number of rotatable bonds is 7. The lowest BCUT2D eigenvalue weighted by molar-refractivity contribution is -0.137. The van der Waals surface area contributed by atoms with Gasteiger partial charge in [0.05, 0.1) is 28.4 Å². The summed E-state index contributed by atoms with van der Waals surface area (Å²) in [6.07, 6.45) is 1.07. The van der Waals surface area contributed by atoms with Crippen LogP contribution in [0.15, 0.2) is 42.5 Å². The number of halogens is 3. The van der Waals surface area contributed by atoms with Gasteiger partial charge in [-0.15, -0.1) is 0 Å². The number of hydrogen-bond acceptors (Lipinski definition) is 5. The summed E-state index contributed by atoms with van der Waals surface area (Å²) in [5.41, 5.74) is 0.611. The van der Waals surface area contributed by atoms with Gasteiger partial charge in [0.2, 0.25) is 0 Å². The van der Waals surface area contributed by atoms with Gasteiger partial charge in [-0.25, -0.2) is 9.78 Å². The zero-order chi connectivity index (χ0) is 28.4. The standard InChI is InChI=1S/C31H36F3N3O3/c1-20(2)40-24-9-10-27-25(18-24)28(30(38)39)26(29(35-27)21-7-6-8-22(17-21)31(32,33)34)19-36-15-11-23(12-16-36)37-13-4-3-5-14-37/h6-10,17-18,20,23H,3-5,11-16,19H2,1-2H3,(H,38,39). The van der Waals surface area contributed by atoms with Crippen molar-refractivity contribution in [3.63, 3.8) is 0 Å². The van der Waals surface area contributed by atoms with Gasteiger partial charge in [-0.1, -0.05) is 18.6 Å². The molecular weight excluding hydrogens is 519 g/mol. The van der Waals surface area contributed by atoms with Crippen LogP contribution >= 0.6 is 0 Å². The summed E-state index contributed by atoms with van der Waals surface area (Å²) in [5.74, 6) is -0.618. The number of carboxylic acids is 1. The van der Waals surface area contributed by atoms with Crippen molar-refractivity contribution in [1.29, 1.82) is 0 Å². The van der Waals surface area contributed by atoms with Crippen molar-refractivity contribution in [3.8, 4) is 17.0 Å².